The lowest BCUT2D eigenvalue weighted by molar-refractivity contribution is -0.122. The van der Waals surface area contributed by atoms with Crippen LogP contribution in [0.5, 0.6) is 5.75 Å². The first-order chi connectivity index (χ1) is 18.0. The van der Waals surface area contributed by atoms with E-state index in [1.165, 1.54) is 6.08 Å². The molecule has 0 unspecified atom stereocenters. The number of nitrogens with one attached hydrogen (secondary N) is 1. The molecule has 1 heterocycles. The number of halogens is 1. The number of urea groups is 1. The number of rotatable bonds is 6. The quantitative estimate of drug-likeness (QED) is 0.220. The predicted molar refractivity (Wildman–Crippen MR) is 147 cm³/mol. The van der Waals surface area contributed by atoms with E-state index in [2.05, 4.69) is 39.4 Å². The molecular formula is C30H23BrN2O4. The molecule has 0 saturated carbocycles. The smallest absolute Gasteiger partial charge is 0.335 e. The maximum Gasteiger partial charge on any atom is 0.335 e. The molecule has 37 heavy (non-hydrogen) atoms. The number of carbonyl (C=O) groups is 3. The van der Waals surface area contributed by atoms with Gasteiger partial charge in [0.05, 0.1) is 10.2 Å². The lowest BCUT2D eigenvalue weighted by Crippen LogP contribution is -2.54. The van der Waals surface area contributed by atoms with Crippen molar-refractivity contribution < 1.29 is 19.1 Å². The largest absolute Gasteiger partial charge is 0.488 e. The van der Waals surface area contributed by atoms with Crippen molar-refractivity contribution >= 4 is 56.3 Å². The van der Waals surface area contributed by atoms with E-state index in [9.17, 15) is 14.4 Å². The van der Waals surface area contributed by atoms with Crippen LogP contribution >= 0.6 is 15.9 Å². The Hall–Kier alpha value is -4.23. The van der Waals surface area contributed by atoms with Crippen LogP contribution in [0, 0.1) is 0 Å². The Morgan fingerprint density at radius 2 is 1.62 bits per heavy atom. The topological polar surface area (TPSA) is 75.7 Å². The van der Waals surface area contributed by atoms with Gasteiger partial charge < -0.3 is 4.74 Å². The Bertz CT molecular complexity index is 1570. The first-order valence-electron chi connectivity index (χ1n) is 11.8. The molecule has 1 aliphatic heterocycles. The van der Waals surface area contributed by atoms with E-state index in [1.807, 2.05) is 43.3 Å². The van der Waals surface area contributed by atoms with Crippen LogP contribution < -0.4 is 15.0 Å². The average molecular weight is 555 g/mol. The maximum absolute atomic E-state index is 13.3. The summed E-state index contributed by atoms with van der Waals surface area (Å²) in [5.74, 6) is -0.766. The molecule has 184 valence electrons. The summed E-state index contributed by atoms with van der Waals surface area (Å²) in [5, 5.41) is 4.56. The molecule has 7 heteroatoms. The van der Waals surface area contributed by atoms with Crippen molar-refractivity contribution in [1.29, 1.82) is 0 Å². The number of imide groups is 2. The van der Waals surface area contributed by atoms with Crippen molar-refractivity contribution in [2.75, 3.05) is 4.90 Å². The molecule has 0 aromatic heterocycles. The number of amides is 4. The molecule has 0 atom stereocenters. The third-order valence-corrected chi connectivity index (χ3v) is 6.86. The number of barbiturate groups is 1. The van der Waals surface area contributed by atoms with E-state index in [0.717, 1.165) is 26.8 Å². The Morgan fingerprint density at radius 3 is 2.43 bits per heavy atom. The van der Waals surface area contributed by atoms with Gasteiger partial charge in [-0.3, -0.25) is 14.9 Å². The van der Waals surface area contributed by atoms with Gasteiger partial charge in [-0.2, -0.15) is 0 Å². The van der Waals surface area contributed by atoms with Crippen LogP contribution in [0.4, 0.5) is 10.5 Å². The van der Waals surface area contributed by atoms with Gasteiger partial charge in [0.25, 0.3) is 11.8 Å². The van der Waals surface area contributed by atoms with Crippen molar-refractivity contribution in [3.8, 4) is 5.75 Å². The maximum atomic E-state index is 13.3. The lowest BCUT2D eigenvalue weighted by Gasteiger charge is -2.28. The second-order valence-electron chi connectivity index (χ2n) is 8.56. The van der Waals surface area contributed by atoms with Crippen molar-refractivity contribution in [3.05, 3.63) is 112 Å². The third-order valence-electron chi connectivity index (χ3n) is 6.25. The van der Waals surface area contributed by atoms with Crippen LogP contribution in [0.25, 0.3) is 16.8 Å². The lowest BCUT2D eigenvalue weighted by atomic mass is 10.0. The van der Waals surface area contributed by atoms with Gasteiger partial charge in [0.2, 0.25) is 0 Å². The van der Waals surface area contributed by atoms with Crippen LogP contribution in [0.2, 0.25) is 0 Å². The van der Waals surface area contributed by atoms with Crippen molar-refractivity contribution in [2.24, 2.45) is 0 Å². The zero-order valence-corrected chi connectivity index (χ0v) is 21.6. The molecule has 0 bridgehead atoms. The first kappa shape index (κ1) is 24.5. The van der Waals surface area contributed by atoms with E-state index < -0.39 is 17.8 Å². The van der Waals surface area contributed by atoms with Gasteiger partial charge in [-0.1, -0.05) is 73.7 Å². The molecule has 1 saturated heterocycles. The first-order valence-corrected chi connectivity index (χ1v) is 12.6. The fourth-order valence-corrected chi connectivity index (χ4v) is 4.88. The SMILES string of the molecule is CCc1ccccc1N1C(=O)NC(=O)/C(=C/c2ccc(OCc3cccc4ccccc34)c(Br)c2)C1=O. The Kier molecular flexibility index (Phi) is 6.88. The van der Waals surface area contributed by atoms with Gasteiger partial charge in [0.15, 0.2) is 0 Å². The Balaban J connectivity index is 1.39. The second kappa shape index (κ2) is 10.4. The Labute approximate surface area is 222 Å². The summed E-state index contributed by atoms with van der Waals surface area (Å²) < 4.78 is 6.74. The molecule has 1 N–H and O–H groups in total. The summed E-state index contributed by atoms with van der Waals surface area (Å²) in [6, 6.07) is 25.9. The van der Waals surface area contributed by atoms with Gasteiger partial charge in [-0.05, 0) is 74.1 Å². The van der Waals surface area contributed by atoms with E-state index in [-0.39, 0.29) is 5.57 Å². The molecule has 4 aromatic carbocycles. The number of hydrogen-bond donors (Lipinski definition) is 1. The highest BCUT2D eigenvalue weighted by atomic mass is 79.9. The van der Waals surface area contributed by atoms with Crippen LogP contribution in [-0.2, 0) is 22.6 Å². The number of fused-ring (bicyclic) bond motifs is 1. The molecule has 4 amide bonds. The number of hydrogen-bond acceptors (Lipinski definition) is 4. The van der Waals surface area contributed by atoms with Gasteiger partial charge in [0, 0.05) is 0 Å². The van der Waals surface area contributed by atoms with Gasteiger partial charge in [-0.25, -0.2) is 9.69 Å². The highest BCUT2D eigenvalue weighted by molar-refractivity contribution is 9.10. The normalized spacial score (nSPS) is 14.8. The summed E-state index contributed by atoms with van der Waals surface area (Å²) in [7, 11) is 0. The van der Waals surface area contributed by atoms with E-state index in [1.54, 1.807) is 30.3 Å². The number of aryl methyl sites for hydroxylation is 1. The summed E-state index contributed by atoms with van der Waals surface area (Å²) in [5.41, 5.74) is 2.85. The summed E-state index contributed by atoms with van der Waals surface area (Å²) in [6.45, 7) is 2.32. The zero-order chi connectivity index (χ0) is 25.9. The molecule has 6 nitrogen and oxygen atoms in total. The van der Waals surface area contributed by atoms with Gasteiger partial charge >= 0.3 is 6.03 Å². The number of ether oxygens (including phenoxy) is 1. The van der Waals surface area contributed by atoms with Crippen molar-refractivity contribution in [1.82, 2.24) is 5.32 Å². The van der Waals surface area contributed by atoms with Crippen LogP contribution in [0.3, 0.4) is 0 Å². The predicted octanol–water partition coefficient (Wildman–Crippen LogP) is 6.41. The van der Waals surface area contributed by atoms with Gasteiger partial charge in [-0.15, -0.1) is 0 Å². The molecule has 1 aliphatic rings. The summed E-state index contributed by atoms with van der Waals surface area (Å²) in [6.07, 6.45) is 2.11. The standard InChI is InChI=1S/C30H23BrN2O4/c1-2-20-8-4-6-13-26(20)33-29(35)24(28(34)32-30(33)36)16-19-14-15-27(25(31)17-19)37-18-22-11-7-10-21-9-3-5-12-23(21)22/h3-17H,2,18H2,1H3,(H,32,34,36)/b24-16-. The van der Waals surface area contributed by atoms with Crippen LogP contribution in [0.1, 0.15) is 23.6 Å². The molecule has 0 spiro atoms. The van der Waals surface area contributed by atoms with Crippen LogP contribution in [-0.4, -0.2) is 17.8 Å². The molecule has 1 fully saturated rings. The number of nitrogens with zero attached hydrogens (tertiary/aromatic N) is 1. The molecule has 4 aromatic rings. The fraction of sp³-hybridized carbons (Fsp3) is 0.100. The third kappa shape index (κ3) is 4.90. The molecule has 0 aliphatic carbocycles. The number of anilines is 1. The Morgan fingerprint density at radius 1 is 0.892 bits per heavy atom. The van der Waals surface area contributed by atoms with Crippen molar-refractivity contribution in [2.45, 2.75) is 20.0 Å². The van der Waals surface area contributed by atoms with E-state index in [0.29, 0.717) is 34.5 Å². The molecule has 5 rings (SSSR count). The van der Waals surface area contributed by atoms with Crippen molar-refractivity contribution in [3.63, 3.8) is 0 Å². The molecular weight excluding hydrogens is 532 g/mol. The number of para-hydroxylation sites is 1. The highest BCUT2D eigenvalue weighted by Gasteiger charge is 2.37. The van der Waals surface area contributed by atoms with E-state index >= 15 is 0 Å². The van der Waals surface area contributed by atoms with E-state index in [4.69, 9.17) is 4.74 Å². The average Bonchev–Trinajstić information content (AvgIpc) is 2.90. The highest BCUT2D eigenvalue weighted by Crippen LogP contribution is 2.30. The number of benzene rings is 4. The minimum absolute atomic E-state index is 0.123. The minimum atomic E-state index is -0.758. The second-order valence-corrected chi connectivity index (χ2v) is 9.41. The molecule has 0 radical (unpaired) electrons. The minimum Gasteiger partial charge on any atom is -0.488 e. The zero-order valence-electron chi connectivity index (χ0n) is 20.0. The monoisotopic (exact) mass is 554 g/mol. The number of carbonyl (C=O) groups excluding carboxylic acids is 3. The van der Waals surface area contributed by atoms with Gasteiger partial charge in [0.1, 0.15) is 17.9 Å². The fourth-order valence-electron chi connectivity index (χ4n) is 4.37. The summed E-state index contributed by atoms with van der Waals surface area (Å²) in [4.78, 5) is 39.5. The van der Waals surface area contributed by atoms with Crippen LogP contribution in [0.15, 0.2) is 95.0 Å². The summed E-state index contributed by atoms with van der Waals surface area (Å²) >= 11 is 3.54.